The molecule has 0 heterocycles. The number of halogens is 2. The third-order valence-electron chi connectivity index (χ3n) is 2.21. The van der Waals surface area contributed by atoms with E-state index >= 15 is 0 Å². The van der Waals surface area contributed by atoms with Crippen LogP contribution in [0, 0.1) is 11.6 Å². The Morgan fingerprint density at radius 1 is 1.41 bits per heavy atom. The van der Waals surface area contributed by atoms with E-state index in [4.69, 9.17) is 0 Å². The summed E-state index contributed by atoms with van der Waals surface area (Å²) in [7, 11) is 0. The van der Waals surface area contributed by atoms with Crippen molar-refractivity contribution in [2.45, 2.75) is 26.3 Å². The first-order chi connectivity index (χ1) is 8.04. The van der Waals surface area contributed by atoms with Gasteiger partial charge in [0, 0.05) is 11.6 Å². The number of carbonyl (C=O) groups is 1. The molecule has 1 rings (SSSR count). The Kier molecular flexibility index (Phi) is 4.87. The highest BCUT2D eigenvalue weighted by Gasteiger charge is 2.14. The molecule has 94 valence electrons. The molecule has 17 heavy (non-hydrogen) atoms. The molecular weight excluding hydrogens is 228 g/mol. The van der Waals surface area contributed by atoms with Crippen LogP contribution in [0.15, 0.2) is 18.2 Å². The number of rotatable bonds is 4. The minimum atomic E-state index is -0.609. The van der Waals surface area contributed by atoms with Gasteiger partial charge < -0.3 is 10.1 Å². The van der Waals surface area contributed by atoms with Gasteiger partial charge in [0.1, 0.15) is 11.6 Å². The first-order valence-electron chi connectivity index (χ1n) is 5.40. The highest BCUT2D eigenvalue weighted by molar-refractivity contribution is 5.67. The van der Waals surface area contributed by atoms with Gasteiger partial charge in [-0.05, 0) is 32.4 Å². The molecule has 1 aromatic rings. The summed E-state index contributed by atoms with van der Waals surface area (Å²) in [5, 5.41) is 2.49. The molecule has 0 aliphatic heterocycles. The van der Waals surface area contributed by atoms with Crippen LogP contribution < -0.4 is 5.32 Å². The minimum Gasteiger partial charge on any atom is -0.450 e. The zero-order valence-corrected chi connectivity index (χ0v) is 9.80. The van der Waals surface area contributed by atoms with Gasteiger partial charge in [-0.2, -0.15) is 0 Å². The molecule has 0 aliphatic carbocycles. The molecule has 1 aromatic carbocycles. The van der Waals surface area contributed by atoms with Gasteiger partial charge in [-0.1, -0.05) is 6.07 Å². The van der Waals surface area contributed by atoms with Crippen molar-refractivity contribution in [2.24, 2.45) is 0 Å². The molecule has 1 atom stereocenters. The summed E-state index contributed by atoms with van der Waals surface area (Å²) in [5.74, 6) is -1.22. The first kappa shape index (κ1) is 13.4. The number of ether oxygens (including phenoxy) is 1. The van der Waals surface area contributed by atoms with Crippen LogP contribution in [0.25, 0.3) is 0 Å². The van der Waals surface area contributed by atoms with Crippen LogP contribution in [-0.4, -0.2) is 18.7 Å². The summed E-state index contributed by atoms with van der Waals surface area (Å²) in [6.07, 6.45) is -0.506. The van der Waals surface area contributed by atoms with Crippen LogP contribution in [0.4, 0.5) is 13.6 Å². The zero-order chi connectivity index (χ0) is 12.8. The molecule has 0 saturated heterocycles. The van der Waals surface area contributed by atoms with Crippen LogP contribution in [0.2, 0.25) is 0 Å². The standard InChI is InChI=1S/C12H15F2NO2/c1-3-17-12(16)15-8(2)7-9-10(13)5-4-6-11(9)14/h4-6,8H,3,7H2,1-2H3,(H,15,16). The molecule has 5 heteroatoms. The van der Waals surface area contributed by atoms with Crippen molar-refractivity contribution in [3.05, 3.63) is 35.4 Å². The van der Waals surface area contributed by atoms with Crippen LogP contribution in [0.1, 0.15) is 19.4 Å². The van der Waals surface area contributed by atoms with Gasteiger partial charge in [-0.3, -0.25) is 0 Å². The summed E-state index contributed by atoms with van der Waals surface area (Å²) < 4.78 is 31.3. The molecule has 1 amide bonds. The van der Waals surface area contributed by atoms with Crippen molar-refractivity contribution < 1.29 is 18.3 Å². The quantitative estimate of drug-likeness (QED) is 0.882. The van der Waals surface area contributed by atoms with E-state index in [1.165, 1.54) is 18.2 Å². The normalized spacial score (nSPS) is 12.0. The molecule has 0 aliphatic rings. The number of hydrogen-bond donors (Lipinski definition) is 1. The fraction of sp³-hybridized carbons (Fsp3) is 0.417. The van der Waals surface area contributed by atoms with E-state index in [1.54, 1.807) is 13.8 Å². The number of alkyl carbamates (subject to hydrolysis) is 1. The molecule has 3 nitrogen and oxygen atoms in total. The van der Waals surface area contributed by atoms with Crippen molar-refractivity contribution in [2.75, 3.05) is 6.61 Å². The number of nitrogens with one attached hydrogen (secondary N) is 1. The number of benzene rings is 1. The minimum absolute atomic E-state index is 0.0307. The predicted molar refractivity (Wildman–Crippen MR) is 59.7 cm³/mol. The highest BCUT2D eigenvalue weighted by Crippen LogP contribution is 2.14. The highest BCUT2D eigenvalue weighted by atomic mass is 19.1. The summed E-state index contributed by atoms with van der Waals surface area (Å²) >= 11 is 0. The van der Waals surface area contributed by atoms with Crippen molar-refractivity contribution in [3.8, 4) is 0 Å². The summed E-state index contributed by atoms with van der Waals surface area (Å²) in [6, 6.07) is 3.28. The number of amides is 1. The van der Waals surface area contributed by atoms with Crippen LogP contribution in [0.5, 0.6) is 0 Å². The number of hydrogen-bond acceptors (Lipinski definition) is 2. The SMILES string of the molecule is CCOC(=O)NC(C)Cc1c(F)cccc1F. The van der Waals surface area contributed by atoms with E-state index < -0.39 is 23.8 Å². The van der Waals surface area contributed by atoms with Crippen molar-refractivity contribution in [1.82, 2.24) is 5.32 Å². The lowest BCUT2D eigenvalue weighted by molar-refractivity contribution is 0.148. The van der Waals surface area contributed by atoms with E-state index in [2.05, 4.69) is 10.1 Å². The van der Waals surface area contributed by atoms with Gasteiger partial charge in [0.25, 0.3) is 0 Å². The lowest BCUT2D eigenvalue weighted by Gasteiger charge is -2.14. The van der Waals surface area contributed by atoms with Crippen LogP contribution >= 0.6 is 0 Å². The molecule has 0 fully saturated rings. The second-order valence-electron chi connectivity index (χ2n) is 3.67. The van der Waals surface area contributed by atoms with Gasteiger partial charge in [-0.25, -0.2) is 13.6 Å². The summed E-state index contributed by atoms with van der Waals surface area (Å²) in [4.78, 5) is 11.1. The Labute approximate surface area is 98.8 Å². The average molecular weight is 243 g/mol. The smallest absolute Gasteiger partial charge is 0.407 e. The van der Waals surface area contributed by atoms with Crippen LogP contribution in [-0.2, 0) is 11.2 Å². The van der Waals surface area contributed by atoms with Gasteiger partial charge >= 0.3 is 6.09 Å². The summed E-state index contributed by atoms with van der Waals surface area (Å²) in [6.45, 7) is 3.59. The van der Waals surface area contributed by atoms with Crippen molar-refractivity contribution >= 4 is 6.09 Å². The molecule has 0 bridgehead atoms. The van der Waals surface area contributed by atoms with Gasteiger partial charge in [0.15, 0.2) is 0 Å². The first-order valence-corrected chi connectivity index (χ1v) is 5.40. The lowest BCUT2D eigenvalue weighted by Crippen LogP contribution is -2.34. The van der Waals surface area contributed by atoms with Crippen molar-refractivity contribution in [3.63, 3.8) is 0 Å². The molecule has 0 aromatic heterocycles. The zero-order valence-electron chi connectivity index (χ0n) is 9.80. The fourth-order valence-corrected chi connectivity index (χ4v) is 1.46. The second-order valence-corrected chi connectivity index (χ2v) is 3.67. The molecule has 0 spiro atoms. The average Bonchev–Trinajstić information content (AvgIpc) is 2.24. The monoisotopic (exact) mass is 243 g/mol. The molecular formula is C12H15F2NO2. The molecule has 0 saturated carbocycles. The van der Waals surface area contributed by atoms with E-state index in [0.29, 0.717) is 0 Å². The van der Waals surface area contributed by atoms with E-state index in [-0.39, 0.29) is 18.6 Å². The Balaban J connectivity index is 2.62. The van der Waals surface area contributed by atoms with E-state index in [1.807, 2.05) is 0 Å². The van der Waals surface area contributed by atoms with Crippen molar-refractivity contribution in [1.29, 1.82) is 0 Å². The molecule has 0 radical (unpaired) electrons. The Hall–Kier alpha value is -1.65. The van der Waals surface area contributed by atoms with E-state index in [9.17, 15) is 13.6 Å². The maximum absolute atomic E-state index is 13.3. The van der Waals surface area contributed by atoms with Gasteiger partial charge in [-0.15, -0.1) is 0 Å². The fourth-order valence-electron chi connectivity index (χ4n) is 1.46. The third kappa shape index (κ3) is 4.01. The van der Waals surface area contributed by atoms with Crippen LogP contribution in [0.3, 0.4) is 0 Å². The Morgan fingerprint density at radius 2 is 2.00 bits per heavy atom. The maximum atomic E-state index is 13.3. The van der Waals surface area contributed by atoms with Gasteiger partial charge in [0.05, 0.1) is 6.61 Å². The lowest BCUT2D eigenvalue weighted by atomic mass is 10.1. The summed E-state index contributed by atoms with van der Waals surface area (Å²) in [5.41, 5.74) is -0.0307. The largest absolute Gasteiger partial charge is 0.450 e. The Morgan fingerprint density at radius 3 is 2.53 bits per heavy atom. The topological polar surface area (TPSA) is 38.3 Å². The number of carbonyl (C=O) groups excluding carboxylic acids is 1. The molecule has 1 N–H and O–H groups in total. The Bertz CT molecular complexity index is 376. The molecule has 1 unspecified atom stereocenters. The predicted octanol–water partition coefficient (Wildman–Crippen LogP) is 2.64. The van der Waals surface area contributed by atoms with Gasteiger partial charge in [0.2, 0.25) is 0 Å². The third-order valence-corrected chi connectivity index (χ3v) is 2.21. The second kappa shape index (κ2) is 6.18. The maximum Gasteiger partial charge on any atom is 0.407 e. The van der Waals surface area contributed by atoms with E-state index in [0.717, 1.165) is 0 Å².